The number of rotatable bonds is 4. The standard InChI is InChI=1S/C11H19FO2/c1-2-6-10(12)11(13)14-9-7-4-3-5-8-9/h9-10H,2-8H2,1H3/t10-/m0/s1. The van der Waals surface area contributed by atoms with Crippen molar-refractivity contribution in [2.75, 3.05) is 0 Å². The van der Waals surface area contributed by atoms with Gasteiger partial charge >= 0.3 is 5.97 Å². The largest absolute Gasteiger partial charge is 0.460 e. The molecule has 0 unspecified atom stereocenters. The van der Waals surface area contributed by atoms with E-state index in [1.54, 1.807) is 0 Å². The molecule has 0 radical (unpaired) electrons. The molecule has 82 valence electrons. The van der Waals surface area contributed by atoms with Crippen molar-refractivity contribution in [3.05, 3.63) is 0 Å². The highest BCUT2D eigenvalue weighted by Gasteiger charge is 2.23. The van der Waals surface area contributed by atoms with Crippen LogP contribution in [-0.4, -0.2) is 18.2 Å². The quantitative estimate of drug-likeness (QED) is 0.655. The Morgan fingerprint density at radius 1 is 1.43 bits per heavy atom. The minimum absolute atomic E-state index is 0.0219. The van der Waals surface area contributed by atoms with Crippen LogP contribution in [0.1, 0.15) is 51.9 Å². The number of hydrogen-bond donors (Lipinski definition) is 0. The molecule has 0 amide bonds. The summed E-state index contributed by atoms with van der Waals surface area (Å²) in [5.41, 5.74) is 0. The molecule has 0 aromatic carbocycles. The Hall–Kier alpha value is -0.600. The van der Waals surface area contributed by atoms with Gasteiger partial charge in [0.25, 0.3) is 0 Å². The van der Waals surface area contributed by atoms with Crippen molar-refractivity contribution in [1.82, 2.24) is 0 Å². The molecule has 2 nitrogen and oxygen atoms in total. The van der Waals surface area contributed by atoms with E-state index in [-0.39, 0.29) is 12.5 Å². The summed E-state index contributed by atoms with van der Waals surface area (Å²) in [7, 11) is 0. The number of alkyl halides is 1. The predicted octanol–water partition coefficient (Wildman–Crippen LogP) is 3.00. The lowest BCUT2D eigenvalue weighted by atomic mass is 9.98. The monoisotopic (exact) mass is 202 g/mol. The van der Waals surface area contributed by atoms with Crippen LogP contribution >= 0.6 is 0 Å². The molecule has 0 spiro atoms. The normalized spacial score (nSPS) is 20.4. The molecule has 1 fully saturated rings. The number of carbonyl (C=O) groups is 1. The van der Waals surface area contributed by atoms with Crippen LogP contribution in [0.15, 0.2) is 0 Å². The smallest absolute Gasteiger partial charge is 0.340 e. The van der Waals surface area contributed by atoms with Crippen LogP contribution in [0, 0.1) is 0 Å². The van der Waals surface area contributed by atoms with Crippen molar-refractivity contribution in [3.63, 3.8) is 0 Å². The summed E-state index contributed by atoms with van der Waals surface area (Å²) < 4.78 is 18.2. The molecule has 0 bridgehead atoms. The summed E-state index contributed by atoms with van der Waals surface area (Å²) in [6.07, 6.45) is 4.75. The Balaban J connectivity index is 2.24. The number of carbonyl (C=O) groups excluding carboxylic acids is 1. The molecular formula is C11H19FO2. The van der Waals surface area contributed by atoms with Crippen LogP contribution in [0.4, 0.5) is 4.39 Å². The molecule has 0 N–H and O–H groups in total. The van der Waals surface area contributed by atoms with Gasteiger partial charge in [0, 0.05) is 0 Å². The maximum atomic E-state index is 13.1. The van der Waals surface area contributed by atoms with E-state index in [4.69, 9.17) is 4.74 Å². The maximum Gasteiger partial charge on any atom is 0.340 e. The van der Waals surface area contributed by atoms with Crippen molar-refractivity contribution in [2.24, 2.45) is 0 Å². The van der Waals surface area contributed by atoms with E-state index in [1.807, 2.05) is 6.92 Å². The zero-order valence-corrected chi connectivity index (χ0v) is 8.80. The van der Waals surface area contributed by atoms with Crippen LogP contribution in [0.2, 0.25) is 0 Å². The zero-order chi connectivity index (χ0) is 10.4. The second-order valence-corrected chi connectivity index (χ2v) is 3.95. The van der Waals surface area contributed by atoms with Crippen LogP contribution in [-0.2, 0) is 9.53 Å². The Kier molecular flexibility index (Phi) is 4.91. The fourth-order valence-corrected chi connectivity index (χ4v) is 1.79. The molecule has 14 heavy (non-hydrogen) atoms. The minimum Gasteiger partial charge on any atom is -0.460 e. The molecule has 1 saturated carbocycles. The first-order valence-corrected chi connectivity index (χ1v) is 5.58. The van der Waals surface area contributed by atoms with Gasteiger partial charge in [0.15, 0.2) is 6.17 Å². The predicted molar refractivity (Wildman–Crippen MR) is 52.8 cm³/mol. The number of halogens is 1. The second-order valence-electron chi connectivity index (χ2n) is 3.95. The number of esters is 1. The van der Waals surface area contributed by atoms with Crippen LogP contribution in [0.5, 0.6) is 0 Å². The molecule has 1 rings (SSSR count). The van der Waals surface area contributed by atoms with Gasteiger partial charge in [-0.25, -0.2) is 9.18 Å². The molecule has 0 heterocycles. The van der Waals surface area contributed by atoms with E-state index in [0.717, 1.165) is 25.7 Å². The lowest BCUT2D eigenvalue weighted by Crippen LogP contribution is -2.26. The van der Waals surface area contributed by atoms with Crippen molar-refractivity contribution in [3.8, 4) is 0 Å². The van der Waals surface area contributed by atoms with E-state index in [2.05, 4.69) is 0 Å². The molecule has 0 aromatic heterocycles. The van der Waals surface area contributed by atoms with E-state index in [0.29, 0.717) is 6.42 Å². The number of hydrogen-bond acceptors (Lipinski definition) is 2. The van der Waals surface area contributed by atoms with Gasteiger partial charge in [-0.05, 0) is 32.1 Å². The first-order valence-electron chi connectivity index (χ1n) is 5.58. The van der Waals surface area contributed by atoms with Gasteiger partial charge in [0.05, 0.1) is 0 Å². The zero-order valence-electron chi connectivity index (χ0n) is 8.80. The first kappa shape index (κ1) is 11.5. The third-order valence-electron chi connectivity index (χ3n) is 2.63. The lowest BCUT2D eigenvalue weighted by molar-refractivity contribution is -0.156. The van der Waals surface area contributed by atoms with Crippen molar-refractivity contribution in [2.45, 2.75) is 64.1 Å². The van der Waals surface area contributed by atoms with E-state index < -0.39 is 12.1 Å². The minimum atomic E-state index is -1.41. The van der Waals surface area contributed by atoms with Crippen LogP contribution in [0.25, 0.3) is 0 Å². The van der Waals surface area contributed by atoms with Crippen molar-refractivity contribution >= 4 is 5.97 Å². The van der Waals surface area contributed by atoms with Crippen LogP contribution < -0.4 is 0 Å². The average Bonchev–Trinajstić information content (AvgIpc) is 2.19. The number of ether oxygens (including phenoxy) is 1. The Labute approximate surface area is 84.8 Å². The van der Waals surface area contributed by atoms with Crippen molar-refractivity contribution < 1.29 is 13.9 Å². The summed E-state index contributed by atoms with van der Waals surface area (Å²) in [4.78, 5) is 11.2. The van der Waals surface area contributed by atoms with Gasteiger partial charge in [-0.2, -0.15) is 0 Å². The molecule has 0 aromatic rings. The Morgan fingerprint density at radius 2 is 2.07 bits per heavy atom. The summed E-state index contributed by atoms with van der Waals surface area (Å²) in [5.74, 6) is -0.654. The maximum absolute atomic E-state index is 13.1. The van der Waals surface area contributed by atoms with Gasteiger partial charge in [-0.1, -0.05) is 19.8 Å². The summed E-state index contributed by atoms with van der Waals surface area (Å²) in [6.45, 7) is 1.86. The molecular weight excluding hydrogens is 183 g/mol. The highest BCUT2D eigenvalue weighted by Crippen LogP contribution is 2.21. The second kappa shape index (κ2) is 5.99. The SMILES string of the molecule is CCC[C@H](F)C(=O)OC1CCCCC1. The fraction of sp³-hybridized carbons (Fsp3) is 0.909. The fourth-order valence-electron chi connectivity index (χ4n) is 1.79. The van der Waals surface area contributed by atoms with E-state index >= 15 is 0 Å². The van der Waals surface area contributed by atoms with Crippen molar-refractivity contribution in [1.29, 1.82) is 0 Å². The Bertz CT molecular complexity index is 176. The van der Waals surface area contributed by atoms with Crippen LogP contribution in [0.3, 0.4) is 0 Å². The molecule has 0 saturated heterocycles. The van der Waals surface area contributed by atoms with E-state index in [1.165, 1.54) is 6.42 Å². The summed E-state index contributed by atoms with van der Waals surface area (Å²) in [6, 6.07) is 0. The summed E-state index contributed by atoms with van der Waals surface area (Å²) in [5, 5.41) is 0. The molecule has 1 aliphatic rings. The van der Waals surface area contributed by atoms with Gasteiger partial charge in [-0.3, -0.25) is 0 Å². The summed E-state index contributed by atoms with van der Waals surface area (Å²) >= 11 is 0. The highest BCUT2D eigenvalue weighted by atomic mass is 19.1. The van der Waals surface area contributed by atoms with Gasteiger partial charge in [0.1, 0.15) is 6.10 Å². The average molecular weight is 202 g/mol. The molecule has 1 aliphatic carbocycles. The highest BCUT2D eigenvalue weighted by molar-refractivity contribution is 5.74. The topological polar surface area (TPSA) is 26.3 Å². The third-order valence-corrected chi connectivity index (χ3v) is 2.63. The van der Waals surface area contributed by atoms with Gasteiger partial charge in [0.2, 0.25) is 0 Å². The first-order chi connectivity index (χ1) is 6.74. The van der Waals surface area contributed by atoms with Gasteiger partial charge < -0.3 is 4.74 Å². The van der Waals surface area contributed by atoms with Gasteiger partial charge in [-0.15, -0.1) is 0 Å². The molecule has 3 heteroatoms. The lowest BCUT2D eigenvalue weighted by Gasteiger charge is -2.22. The van der Waals surface area contributed by atoms with E-state index in [9.17, 15) is 9.18 Å². The third kappa shape index (κ3) is 3.64. The Morgan fingerprint density at radius 3 is 2.64 bits per heavy atom. The molecule has 1 atom stereocenters. The molecule has 0 aliphatic heterocycles.